The maximum Gasteiger partial charge on any atom is 0.225 e. The predicted molar refractivity (Wildman–Crippen MR) is 91.1 cm³/mol. The van der Waals surface area contributed by atoms with Crippen LogP contribution < -0.4 is 0 Å². The first-order valence-corrected chi connectivity index (χ1v) is 10.4. The van der Waals surface area contributed by atoms with Gasteiger partial charge in [-0.15, -0.1) is 0 Å². The minimum Gasteiger partial charge on any atom is -0.336 e. The van der Waals surface area contributed by atoms with Crippen molar-refractivity contribution in [3.05, 3.63) is 18.2 Å². The number of carbonyl (C=O) groups is 1. The third-order valence-corrected chi connectivity index (χ3v) is 6.75. The van der Waals surface area contributed by atoms with E-state index in [0.717, 1.165) is 12.4 Å². The lowest BCUT2D eigenvalue weighted by Gasteiger charge is -2.44. The fraction of sp³-hybridized carbons (Fsp3) is 0.750. The molecule has 2 atom stereocenters. The van der Waals surface area contributed by atoms with Crippen molar-refractivity contribution < 1.29 is 13.2 Å². The van der Waals surface area contributed by atoms with Gasteiger partial charge in [0, 0.05) is 44.0 Å². The SMILES string of the molecule is CCn1ccnc1CN1CCN(C(=O)C(C)C)[C@@H]2CS(=O)(=O)C[C@@H]21. The van der Waals surface area contributed by atoms with Crippen LogP contribution in [-0.4, -0.2) is 70.4 Å². The summed E-state index contributed by atoms with van der Waals surface area (Å²) < 4.78 is 26.5. The van der Waals surface area contributed by atoms with E-state index in [0.29, 0.717) is 19.6 Å². The molecule has 0 saturated carbocycles. The lowest BCUT2D eigenvalue weighted by molar-refractivity contribution is -0.140. The lowest BCUT2D eigenvalue weighted by Crippen LogP contribution is -2.61. The second-order valence-corrected chi connectivity index (χ2v) is 9.15. The van der Waals surface area contributed by atoms with Crippen molar-refractivity contribution in [1.29, 1.82) is 0 Å². The van der Waals surface area contributed by atoms with Crippen LogP contribution in [0.5, 0.6) is 0 Å². The summed E-state index contributed by atoms with van der Waals surface area (Å²) in [5.41, 5.74) is 0. The molecule has 0 unspecified atom stereocenters. The van der Waals surface area contributed by atoms with Crippen LogP contribution in [-0.2, 0) is 27.7 Å². The van der Waals surface area contributed by atoms with Crippen LogP contribution in [0.2, 0.25) is 0 Å². The number of sulfone groups is 1. The van der Waals surface area contributed by atoms with Gasteiger partial charge in [0.2, 0.25) is 5.91 Å². The number of carbonyl (C=O) groups excluding carboxylic acids is 1. The van der Waals surface area contributed by atoms with Crippen LogP contribution in [0.25, 0.3) is 0 Å². The van der Waals surface area contributed by atoms with Crippen molar-refractivity contribution in [2.75, 3.05) is 24.6 Å². The van der Waals surface area contributed by atoms with Gasteiger partial charge in [-0.05, 0) is 6.92 Å². The first kappa shape index (κ1) is 17.4. The number of rotatable bonds is 4. The molecule has 2 aliphatic rings. The highest BCUT2D eigenvalue weighted by molar-refractivity contribution is 7.91. The van der Waals surface area contributed by atoms with Gasteiger partial charge in [-0.2, -0.15) is 0 Å². The zero-order valence-electron chi connectivity index (χ0n) is 14.6. The average molecular weight is 354 g/mol. The summed E-state index contributed by atoms with van der Waals surface area (Å²) in [7, 11) is -3.11. The summed E-state index contributed by atoms with van der Waals surface area (Å²) in [5.74, 6) is 1.10. The molecule has 8 heteroatoms. The molecule has 24 heavy (non-hydrogen) atoms. The zero-order valence-corrected chi connectivity index (χ0v) is 15.4. The lowest BCUT2D eigenvalue weighted by atomic mass is 10.0. The molecule has 0 aromatic carbocycles. The molecule has 2 saturated heterocycles. The standard InChI is InChI=1S/C16H26N4O3S/c1-4-18-6-5-17-15(18)9-19-7-8-20(16(21)12(2)3)14-11-24(22,23)10-13(14)19/h5-6,12-14H,4,7-11H2,1-3H3/t13-,14+/m0/s1. The summed E-state index contributed by atoms with van der Waals surface area (Å²) in [6, 6.07) is -0.364. The van der Waals surface area contributed by atoms with Gasteiger partial charge in [0.05, 0.1) is 24.1 Å². The molecule has 0 bridgehead atoms. The summed E-state index contributed by atoms with van der Waals surface area (Å²) in [5, 5.41) is 0. The summed E-state index contributed by atoms with van der Waals surface area (Å²) in [6.45, 7) is 8.53. The maximum absolute atomic E-state index is 12.5. The smallest absolute Gasteiger partial charge is 0.225 e. The predicted octanol–water partition coefficient (Wildman–Crippen LogP) is 0.369. The number of imidazole rings is 1. The minimum absolute atomic E-state index is 0.0526. The number of hydrogen-bond acceptors (Lipinski definition) is 5. The van der Waals surface area contributed by atoms with Gasteiger partial charge in [-0.25, -0.2) is 13.4 Å². The van der Waals surface area contributed by atoms with E-state index in [2.05, 4.69) is 21.4 Å². The van der Waals surface area contributed by atoms with Crippen LogP contribution in [0, 0.1) is 5.92 Å². The summed E-state index contributed by atoms with van der Waals surface area (Å²) >= 11 is 0. The number of nitrogens with zero attached hydrogens (tertiary/aromatic N) is 4. The molecule has 0 aliphatic carbocycles. The molecular weight excluding hydrogens is 328 g/mol. The molecule has 2 fully saturated rings. The van der Waals surface area contributed by atoms with Crippen molar-refractivity contribution >= 4 is 15.7 Å². The van der Waals surface area contributed by atoms with Gasteiger partial charge in [-0.3, -0.25) is 9.69 Å². The van der Waals surface area contributed by atoms with E-state index in [1.807, 2.05) is 20.0 Å². The highest BCUT2D eigenvalue weighted by atomic mass is 32.2. The number of aromatic nitrogens is 2. The van der Waals surface area contributed by atoms with Gasteiger partial charge in [-0.1, -0.05) is 13.8 Å². The first-order chi connectivity index (χ1) is 11.3. The molecule has 134 valence electrons. The topological polar surface area (TPSA) is 75.5 Å². The van der Waals surface area contributed by atoms with Crippen molar-refractivity contribution in [3.8, 4) is 0 Å². The normalized spacial score (nSPS) is 26.8. The Bertz CT molecular complexity index is 713. The molecule has 3 heterocycles. The van der Waals surface area contributed by atoms with Gasteiger partial charge in [0.15, 0.2) is 9.84 Å². The van der Waals surface area contributed by atoms with Crippen molar-refractivity contribution in [3.63, 3.8) is 0 Å². The van der Waals surface area contributed by atoms with E-state index >= 15 is 0 Å². The maximum atomic E-state index is 12.5. The number of amides is 1. The van der Waals surface area contributed by atoms with Crippen LogP contribution in [0.15, 0.2) is 12.4 Å². The zero-order chi connectivity index (χ0) is 17.5. The van der Waals surface area contributed by atoms with Crippen LogP contribution in [0.3, 0.4) is 0 Å². The van der Waals surface area contributed by atoms with Crippen molar-refractivity contribution in [2.24, 2.45) is 5.92 Å². The quantitative estimate of drug-likeness (QED) is 0.781. The van der Waals surface area contributed by atoms with Gasteiger partial charge >= 0.3 is 0 Å². The van der Waals surface area contributed by atoms with Crippen molar-refractivity contribution in [1.82, 2.24) is 19.4 Å². The van der Waals surface area contributed by atoms with E-state index in [4.69, 9.17) is 0 Å². The Morgan fingerprint density at radius 2 is 2.00 bits per heavy atom. The second kappa shape index (κ2) is 6.48. The summed E-state index contributed by atoms with van der Waals surface area (Å²) in [4.78, 5) is 20.9. The highest BCUT2D eigenvalue weighted by Gasteiger charge is 2.48. The Morgan fingerprint density at radius 1 is 1.29 bits per heavy atom. The van der Waals surface area contributed by atoms with E-state index < -0.39 is 9.84 Å². The summed E-state index contributed by atoms with van der Waals surface area (Å²) in [6.07, 6.45) is 3.72. The Labute approximate surface area is 143 Å². The van der Waals surface area contributed by atoms with Crippen molar-refractivity contribution in [2.45, 2.75) is 45.9 Å². The molecule has 1 aromatic heterocycles. The van der Waals surface area contributed by atoms with E-state index in [-0.39, 0.29) is 35.4 Å². The molecule has 2 aliphatic heterocycles. The monoisotopic (exact) mass is 354 g/mol. The molecule has 3 rings (SSSR count). The van der Waals surface area contributed by atoms with E-state index in [1.165, 1.54) is 0 Å². The fourth-order valence-corrected chi connectivity index (χ4v) is 5.80. The van der Waals surface area contributed by atoms with E-state index in [9.17, 15) is 13.2 Å². The molecule has 1 aromatic rings. The number of hydrogen-bond donors (Lipinski definition) is 0. The Hall–Kier alpha value is -1.41. The molecule has 0 radical (unpaired) electrons. The largest absolute Gasteiger partial charge is 0.336 e. The molecule has 0 spiro atoms. The Morgan fingerprint density at radius 3 is 2.67 bits per heavy atom. The van der Waals surface area contributed by atoms with Gasteiger partial charge in [0.1, 0.15) is 5.82 Å². The Kier molecular flexibility index (Phi) is 4.70. The van der Waals surface area contributed by atoms with Crippen LogP contribution in [0.4, 0.5) is 0 Å². The second-order valence-electron chi connectivity index (χ2n) is 7.00. The molecule has 1 amide bonds. The number of aryl methyl sites for hydroxylation is 1. The average Bonchev–Trinajstić information content (AvgIpc) is 3.09. The van der Waals surface area contributed by atoms with Gasteiger partial charge in [0.25, 0.3) is 0 Å². The highest BCUT2D eigenvalue weighted by Crippen LogP contribution is 2.29. The molecule has 7 nitrogen and oxygen atoms in total. The third kappa shape index (κ3) is 3.21. The fourth-order valence-electron chi connectivity index (χ4n) is 3.79. The molecular formula is C16H26N4O3S. The Balaban J connectivity index is 1.83. The van der Waals surface area contributed by atoms with Crippen LogP contribution in [0.1, 0.15) is 26.6 Å². The number of piperazine rings is 1. The minimum atomic E-state index is -3.11. The van der Waals surface area contributed by atoms with Crippen LogP contribution >= 0.6 is 0 Å². The molecule has 0 N–H and O–H groups in total. The number of fused-ring (bicyclic) bond motifs is 1. The van der Waals surface area contributed by atoms with Gasteiger partial charge < -0.3 is 9.47 Å². The third-order valence-electron chi connectivity index (χ3n) is 5.05. The van der Waals surface area contributed by atoms with E-state index in [1.54, 1.807) is 11.1 Å². The first-order valence-electron chi connectivity index (χ1n) is 8.57.